The number of benzene rings is 2. The molecule has 8 heteroatoms. The number of aromatic nitrogens is 2. The quantitative estimate of drug-likeness (QED) is 0.334. The number of halogens is 1. The monoisotopic (exact) mass is 461 g/mol. The van der Waals surface area contributed by atoms with E-state index in [2.05, 4.69) is 37.9 Å². The van der Waals surface area contributed by atoms with Crippen molar-refractivity contribution in [3.63, 3.8) is 0 Å². The van der Waals surface area contributed by atoms with E-state index in [1.807, 2.05) is 54.6 Å². The molecule has 0 aliphatic carbocycles. The highest BCUT2D eigenvalue weighted by molar-refractivity contribution is 14.1. The van der Waals surface area contributed by atoms with Crippen LogP contribution in [0.3, 0.4) is 0 Å². The molecule has 0 saturated carbocycles. The standard InChI is InChI=1S/C18H16IN5O2/c1-23(11-13-5-3-2-4-6-13)18-16(24(25)26)17(20-12-21-18)22-15-9-7-14(19)8-10-15/h2-10,12H,11H2,1H3,(H,20,21,22). The van der Waals surface area contributed by atoms with Crippen LogP contribution in [0.2, 0.25) is 0 Å². The van der Waals surface area contributed by atoms with Crippen LogP contribution in [0.1, 0.15) is 5.56 Å². The van der Waals surface area contributed by atoms with Crippen molar-refractivity contribution < 1.29 is 4.92 Å². The molecule has 1 aromatic heterocycles. The molecule has 0 bridgehead atoms. The Morgan fingerprint density at radius 1 is 1.12 bits per heavy atom. The molecule has 0 atom stereocenters. The van der Waals surface area contributed by atoms with Crippen LogP contribution in [-0.2, 0) is 6.54 Å². The fraction of sp³-hybridized carbons (Fsp3) is 0.111. The molecule has 0 saturated heterocycles. The molecule has 1 heterocycles. The van der Waals surface area contributed by atoms with Crippen molar-refractivity contribution in [2.45, 2.75) is 6.54 Å². The first-order valence-electron chi connectivity index (χ1n) is 7.81. The number of hydrogen-bond donors (Lipinski definition) is 1. The zero-order valence-corrected chi connectivity index (χ0v) is 16.1. The fourth-order valence-corrected chi connectivity index (χ4v) is 2.87. The average Bonchev–Trinajstić information content (AvgIpc) is 2.64. The SMILES string of the molecule is CN(Cc1ccccc1)c1ncnc(Nc2ccc(I)cc2)c1[N+](=O)[O-]. The lowest BCUT2D eigenvalue weighted by atomic mass is 10.2. The predicted octanol–water partition coefficient (Wildman–Crippen LogP) is 4.37. The molecule has 1 N–H and O–H groups in total. The molecule has 0 radical (unpaired) electrons. The van der Waals surface area contributed by atoms with Crippen LogP contribution in [0.5, 0.6) is 0 Å². The second-order valence-electron chi connectivity index (χ2n) is 5.63. The van der Waals surface area contributed by atoms with E-state index >= 15 is 0 Å². The van der Waals surface area contributed by atoms with Gasteiger partial charge in [-0.05, 0) is 52.4 Å². The van der Waals surface area contributed by atoms with Crippen LogP contribution in [0.15, 0.2) is 60.9 Å². The molecule has 0 aliphatic heterocycles. The number of nitrogens with one attached hydrogen (secondary N) is 1. The van der Waals surface area contributed by atoms with Gasteiger partial charge in [0.05, 0.1) is 4.92 Å². The Labute approximate surface area is 164 Å². The van der Waals surface area contributed by atoms with Crippen molar-refractivity contribution >= 4 is 45.6 Å². The van der Waals surface area contributed by atoms with Gasteiger partial charge in [0.1, 0.15) is 6.33 Å². The molecule has 132 valence electrons. The van der Waals surface area contributed by atoms with Crippen LogP contribution in [0, 0.1) is 13.7 Å². The van der Waals surface area contributed by atoms with E-state index in [0.29, 0.717) is 6.54 Å². The van der Waals surface area contributed by atoms with E-state index < -0.39 is 4.92 Å². The Bertz CT molecular complexity index is 903. The minimum absolute atomic E-state index is 0.149. The third kappa shape index (κ3) is 4.26. The largest absolute Gasteiger partial charge is 0.353 e. The van der Waals surface area contributed by atoms with Crippen molar-refractivity contribution in [2.24, 2.45) is 0 Å². The first-order valence-corrected chi connectivity index (χ1v) is 8.89. The van der Waals surface area contributed by atoms with Crippen LogP contribution in [0.4, 0.5) is 23.0 Å². The molecule has 0 aliphatic rings. The third-order valence-electron chi connectivity index (χ3n) is 3.72. The van der Waals surface area contributed by atoms with Crippen molar-refractivity contribution in [3.8, 4) is 0 Å². The van der Waals surface area contributed by atoms with Gasteiger partial charge in [-0.1, -0.05) is 30.3 Å². The number of hydrogen-bond acceptors (Lipinski definition) is 6. The van der Waals surface area contributed by atoms with Gasteiger partial charge in [0.2, 0.25) is 11.6 Å². The van der Waals surface area contributed by atoms with Crippen molar-refractivity contribution in [2.75, 3.05) is 17.3 Å². The Balaban J connectivity index is 1.93. The summed E-state index contributed by atoms with van der Waals surface area (Å²) in [5.74, 6) is 0.433. The molecule has 3 aromatic rings. The zero-order valence-electron chi connectivity index (χ0n) is 14.0. The number of nitro groups is 1. The van der Waals surface area contributed by atoms with Crippen LogP contribution >= 0.6 is 22.6 Å². The maximum Gasteiger partial charge on any atom is 0.353 e. The number of nitrogens with zero attached hydrogens (tertiary/aromatic N) is 4. The lowest BCUT2D eigenvalue weighted by Gasteiger charge is -2.19. The molecular weight excluding hydrogens is 445 g/mol. The second-order valence-corrected chi connectivity index (χ2v) is 6.87. The van der Waals surface area contributed by atoms with Gasteiger partial charge in [0.15, 0.2) is 0 Å². The molecule has 0 unspecified atom stereocenters. The van der Waals surface area contributed by atoms with Crippen LogP contribution in [-0.4, -0.2) is 21.9 Å². The summed E-state index contributed by atoms with van der Waals surface area (Å²) in [4.78, 5) is 21.2. The second kappa shape index (κ2) is 8.09. The minimum atomic E-state index is -0.453. The molecule has 0 fully saturated rings. The summed E-state index contributed by atoms with van der Waals surface area (Å²) in [6.45, 7) is 0.502. The Morgan fingerprint density at radius 2 is 1.81 bits per heavy atom. The number of anilines is 3. The summed E-state index contributed by atoms with van der Waals surface area (Å²) in [5.41, 5.74) is 1.61. The van der Waals surface area contributed by atoms with Crippen molar-refractivity contribution in [1.82, 2.24) is 9.97 Å². The molecule has 26 heavy (non-hydrogen) atoms. The van der Waals surface area contributed by atoms with E-state index in [-0.39, 0.29) is 17.3 Å². The Kier molecular flexibility index (Phi) is 5.61. The average molecular weight is 461 g/mol. The maximum atomic E-state index is 11.7. The van der Waals surface area contributed by atoms with E-state index in [1.54, 1.807) is 11.9 Å². The molecule has 2 aromatic carbocycles. The van der Waals surface area contributed by atoms with Gasteiger partial charge < -0.3 is 10.2 Å². The molecule has 0 spiro atoms. The third-order valence-corrected chi connectivity index (χ3v) is 4.44. The highest BCUT2D eigenvalue weighted by Gasteiger charge is 2.25. The van der Waals surface area contributed by atoms with E-state index in [9.17, 15) is 10.1 Å². The summed E-state index contributed by atoms with van der Waals surface area (Å²) >= 11 is 2.20. The first kappa shape index (κ1) is 18.1. The molecule has 7 nitrogen and oxygen atoms in total. The first-order chi connectivity index (χ1) is 12.5. The summed E-state index contributed by atoms with van der Waals surface area (Å²) in [7, 11) is 1.77. The maximum absolute atomic E-state index is 11.7. The van der Waals surface area contributed by atoms with Gasteiger partial charge in [-0.2, -0.15) is 0 Å². The highest BCUT2D eigenvalue weighted by atomic mass is 127. The fourth-order valence-electron chi connectivity index (χ4n) is 2.51. The smallest absolute Gasteiger partial charge is 0.349 e. The molecule has 3 rings (SSSR count). The summed E-state index contributed by atoms with van der Waals surface area (Å²) < 4.78 is 1.08. The van der Waals surface area contributed by atoms with Gasteiger partial charge in [-0.3, -0.25) is 10.1 Å². The van der Waals surface area contributed by atoms with Crippen molar-refractivity contribution in [3.05, 3.63) is 80.2 Å². The van der Waals surface area contributed by atoms with E-state index in [0.717, 1.165) is 14.8 Å². The van der Waals surface area contributed by atoms with Gasteiger partial charge in [-0.15, -0.1) is 0 Å². The summed E-state index contributed by atoms with van der Waals surface area (Å²) in [6.07, 6.45) is 1.33. The lowest BCUT2D eigenvalue weighted by Crippen LogP contribution is -2.20. The van der Waals surface area contributed by atoms with Crippen LogP contribution in [0.25, 0.3) is 0 Å². The van der Waals surface area contributed by atoms with Gasteiger partial charge in [0, 0.05) is 22.8 Å². The minimum Gasteiger partial charge on any atom is -0.349 e. The Hall–Kier alpha value is -2.75. The van der Waals surface area contributed by atoms with Crippen molar-refractivity contribution in [1.29, 1.82) is 0 Å². The van der Waals surface area contributed by atoms with Crippen LogP contribution < -0.4 is 10.2 Å². The highest BCUT2D eigenvalue weighted by Crippen LogP contribution is 2.33. The molecule has 0 amide bonds. The summed E-state index contributed by atoms with van der Waals surface area (Å²) in [5, 5.41) is 14.7. The summed E-state index contributed by atoms with van der Waals surface area (Å²) in [6, 6.07) is 17.3. The normalized spacial score (nSPS) is 10.4. The van der Waals surface area contributed by atoms with Gasteiger partial charge in [0.25, 0.3) is 0 Å². The molecular formula is C18H16IN5O2. The van der Waals surface area contributed by atoms with Gasteiger partial charge in [-0.25, -0.2) is 9.97 Å². The van der Waals surface area contributed by atoms with E-state index in [4.69, 9.17) is 0 Å². The zero-order chi connectivity index (χ0) is 18.5. The number of rotatable bonds is 6. The Morgan fingerprint density at radius 3 is 2.46 bits per heavy atom. The lowest BCUT2D eigenvalue weighted by molar-refractivity contribution is -0.383. The van der Waals surface area contributed by atoms with Gasteiger partial charge >= 0.3 is 5.69 Å². The van der Waals surface area contributed by atoms with E-state index in [1.165, 1.54) is 6.33 Å². The topological polar surface area (TPSA) is 84.2 Å². The predicted molar refractivity (Wildman–Crippen MR) is 110 cm³/mol.